The van der Waals surface area contributed by atoms with Gasteiger partial charge in [-0.05, 0) is 24.6 Å². The highest BCUT2D eigenvalue weighted by Gasteiger charge is 2.24. The molecule has 0 radical (unpaired) electrons. The maximum absolute atomic E-state index is 11.5. The highest BCUT2D eigenvalue weighted by Crippen LogP contribution is 2.20. The first-order chi connectivity index (χ1) is 8.08. The fourth-order valence-corrected chi connectivity index (χ4v) is 1.75. The van der Waals surface area contributed by atoms with Gasteiger partial charge in [0.2, 0.25) is 0 Å². The number of rotatable bonds is 3. The van der Waals surface area contributed by atoms with Gasteiger partial charge in [-0.3, -0.25) is 14.4 Å². The van der Waals surface area contributed by atoms with Gasteiger partial charge < -0.3 is 0 Å². The molecule has 0 bridgehead atoms. The molecular formula is C13H11NO3. The minimum atomic E-state index is -0.352. The molecular weight excluding hydrogens is 218 g/mol. The SMILES string of the molecule is CC(=O)Cc1cccc(N2C(=O)C=CC2=O)c1. The number of Topliss-reactive ketones (excluding diaryl/α,β-unsaturated/α-hetero) is 1. The standard InChI is InChI=1S/C13H11NO3/c1-9(15)7-10-3-2-4-11(8-10)14-12(16)5-6-13(14)17/h2-6,8H,7H2,1H3. The third-order valence-electron chi connectivity index (χ3n) is 2.43. The van der Waals surface area contributed by atoms with Crippen LogP contribution in [0, 0.1) is 0 Å². The highest BCUT2D eigenvalue weighted by molar-refractivity contribution is 6.28. The van der Waals surface area contributed by atoms with Gasteiger partial charge in [0.25, 0.3) is 11.8 Å². The van der Waals surface area contributed by atoms with E-state index in [9.17, 15) is 14.4 Å². The summed E-state index contributed by atoms with van der Waals surface area (Å²) in [4.78, 5) is 35.0. The molecule has 1 aliphatic heterocycles. The summed E-state index contributed by atoms with van der Waals surface area (Å²) in [5, 5.41) is 0. The lowest BCUT2D eigenvalue weighted by Gasteiger charge is -2.14. The summed E-state index contributed by atoms with van der Waals surface area (Å²) in [6, 6.07) is 6.88. The molecule has 0 N–H and O–H groups in total. The number of benzene rings is 1. The second-order valence-corrected chi connectivity index (χ2v) is 3.89. The molecule has 86 valence electrons. The van der Waals surface area contributed by atoms with E-state index in [1.807, 2.05) is 0 Å². The summed E-state index contributed by atoms with van der Waals surface area (Å²) in [5.41, 5.74) is 1.30. The van der Waals surface area contributed by atoms with Gasteiger partial charge in [0.05, 0.1) is 5.69 Å². The van der Waals surface area contributed by atoms with E-state index in [0.29, 0.717) is 12.1 Å². The number of imide groups is 1. The van der Waals surface area contributed by atoms with Crippen molar-refractivity contribution < 1.29 is 14.4 Å². The highest BCUT2D eigenvalue weighted by atomic mass is 16.2. The minimum absolute atomic E-state index is 0.0411. The second kappa shape index (κ2) is 4.33. The first-order valence-electron chi connectivity index (χ1n) is 5.22. The van der Waals surface area contributed by atoms with E-state index in [1.54, 1.807) is 24.3 Å². The van der Waals surface area contributed by atoms with Crippen LogP contribution in [0.4, 0.5) is 5.69 Å². The molecule has 4 nitrogen and oxygen atoms in total. The first kappa shape index (κ1) is 11.3. The summed E-state index contributed by atoms with van der Waals surface area (Å²) in [6.07, 6.45) is 2.78. The van der Waals surface area contributed by atoms with Crippen molar-refractivity contribution >= 4 is 23.3 Å². The Hall–Kier alpha value is -2.23. The van der Waals surface area contributed by atoms with Crippen molar-refractivity contribution in [3.63, 3.8) is 0 Å². The van der Waals surface area contributed by atoms with Gasteiger partial charge in [0.1, 0.15) is 5.78 Å². The molecule has 4 heteroatoms. The Labute approximate surface area is 98.5 Å². The Kier molecular flexibility index (Phi) is 2.87. The Morgan fingerprint density at radius 1 is 1.18 bits per heavy atom. The van der Waals surface area contributed by atoms with Crippen molar-refractivity contribution in [1.82, 2.24) is 0 Å². The zero-order valence-corrected chi connectivity index (χ0v) is 9.34. The van der Waals surface area contributed by atoms with Crippen LogP contribution in [0.15, 0.2) is 36.4 Å². The van der Waals surface area contributed by atoms with Gasteiger partial charge >= 0.3 is 0 Å². The Balaban J connectivity index is 2.30. The van der Waals surface area contributed by atoms with Crippen LogP contribution in [0.3, 0.4) is 0 Å². The van der Waals surface area contributed by atoms with E-state index in [0.717, 1.165) is 10.5 Å². The summed E-state index contributed by atoms with van der Waals surface area (Å²) in [6.45, 7) is 1.50. The van der Waals surface area contributed by atoms with Gasteiger partial charge in [-0.1, -0.05) is 12.1 Å². The number of hydrogen-bond donors (Lipinski definition) is 0. The molecule has 2 amide bonds. The van der Waals surface area contributed by atoms with E-state index in [1.165, 1.54) is 19.1 Å². The fourth-order valence-electron chi connectivity index (χ4n) is 1.75. The molecule has 0 saturated heterocycles. The topological polar surface area (TPSA) is 54.5 Å². The average molecular weight is 229 g/mol. The Morgan fingerprint density at radius 2 is 1.82 bits per heavy atom. The van der Waals surface area contributed by atoms with E-state index < -0.39 is 0 Å². The maximum atomic E-state index is 11.5. The predicted octanol–water partition coefficient (Wildman–Crippen LogP) is 1.25. The molecule has 0 aliphatic carbocycles. The Morgan fingerprint density at radius 3 is 2.41 bits per heavy atom. The third kappa shape index (κ3) is 2.30. The first-order valence-corrected chi connectivity index (χ1v) is 5.22. The number of ketones is 1. The quantitative estimate of drug-likeness (QED) is 0.733. The lowest BCUT2D eigenvalue weighted by atomic mass is 10.1. The van der Waals surface area contributed by atoms with E-state index in [2.05, 4.69) is 0 Å². The minimum Gasteiger partial charge on any atom is -0.300 e. The number of hydrogen-bond acceptors (Lipinski definition) is 3. The molecule has 1 heterocycles. The lowest BCUT2D eigenvalue weighted by Crippen LogP contribution is -2.29. The van der Waals surface area contributed by atoms with Gasteiger partial charge in [0, 0.05) is 18.6 Å². The number of carbonyl (C=O) groups is 3. The van der Waals surface area contributed by atoms with Crippen molar-refractivity contribution in [2.45, 2.75) is 13.3 Å². The molecule has 2 rings (SSSR count). The number of carbonyl (C=O) groups excluding carboxylic acids is 3. The van der Waals surface area contributed by atoms with Crippen LogP contribution < -0.4 is 4.90 Å². The van der Waals surface area contributed by atoms with Crippen LogP contribution in [-0.4, -0.2) is 17.6 Å². The predicted molar refractivity (Wildman–Crippen MR) is 62.5 cm³/mol. The van der Waals surface area contributed by atoms with Crippen molar-refractivity contribution in [2.75, 3.05) is 4.90 Å². The van der Waals surface area contributed by atoms with Crippen LogP contribution in [0.2, 0.25) is 0 Å². The monoisotopic (exact) mass is 229 g/mol. The van der Waals surface area contributed by atoms with Gasteiger partial charge in [-0.25, -0.2) is 4.90 Å². The molecule has 17 heavy (non-hydrogen) atoms. The molecule has 0 spiro atoms. The van der Waals surface area contributed by atoms with Crippen LogP contribution >= 0.6 is 0 Å². The number of amides is 2. The summed E-state index contributed by atoms with van der Waals surface area (Å²) in [7, 11) is 0. The lowest BCUT2D eigenvalue weighted by molar-refractivity contribution is -0.120. The van der Waals surface area contributed by atoms with Crippen molar-refractivity contribution in [3.05, 3.63) is 42.0 Å². The second-order valence-electron chi connectivity index (χ2n) is 3.89. The van der Waals surface area contributed by atoms with Crippen molar-refractivity contribution in [3.8, 4) is 0 Å². The number of nitrogens with zero attached hydrogens (tertiary/aromatic N) is 1. The molecule has 1 aliphatic rings. The normalized spacial score (nSPS) is 14.5. The van der Waals surface area contributed by atoms with Gasteiger partial charge in [0.15, 0.2) is 0 Å². The maximum Gasteiger partial charge on any atom is 0.258 e. The number of anilines is 1. The average Bonchev–Trinajstić information content (AvgIpc) is 2.58. The third-order valence-corrected chi connectivity index (χ3v) is 2.43. The Bertz CT molecular complexity index is 513. The summed E-state index contributed by atoms with van der Waals surface area (Å²) < 4.78 is 0. The molecule has 1 aromatic carbocycles. The molecule has 0 atom stereocenters. The van der Waals surface area contributed by atoms with Crippen LogP contribution in [-0.2, 0) is 20.8 Å². The fraction of sp³-hybridized carbons (Fsp3) is 0.154. The van der Waals surface area contributed by atoms with Crippen molar-refractivity contribution in [1.29, 1.82) is 0 Å². The van der Waals surface area contributed by atoms with Crippen LogP contribution in [0.5, 0.6) is 0 Å². The van der Waals surface area contributed by atoms with E-state index >= 15 is 0 Å². The molecule has 0 fully saturated rings. The van der Waals surface area contributed by atoms with Crippen LogP contribution in [0.1, 0.15) is 12.5 Å². The molecule has 0 aromatic heterocycles. The summed E-state index contributed by atoms with van der Waals surface area (Å²) in [5.74, 6) is -0.663. The van der Waals surface area contributed by atoms with E-state index in [-0.39, 0.29) is 17.6 Å². The largest absolute Gasteiger partial charge is 0.300 e. The van der Waals surface area contributed by atoms with E-state index in [4.69, 9.17) is 0 Å². The van der Waals surface area contributed by atoms with Gasteiger partial charge in [-0.2, -0.15) is 0 Å². The molecule has 1 aromatic rings. The smallest absolute Gasteiger partial charge is 0.258 e. The molecule has 0 saturated carbocycles. The zero-order valence-electron chi connectivity index (χ0n) is 9.34. The van der Waals surface area contributed by atoms with Gasteiger partial charge in [-0.15, -0.1) is 0 Å². The van der Waals surface area contributed by atoms with Crippen LogP contribution in [0.25, 0.3) is 0 Å². The molecule has 0 unspecified atom stereocenters. The zero-order chi connectivity index (χ0) is 12.4. The van der Waals surface area contributed by atoms with Crippen molar-refractivity contribution in [2.24, 2.45) is 0 Å². The summed E-state index contributed by atoms with van der Waals surface area (Å²) >= 11 is 0.